The first-order valence-corrected chi connectivity index (χ1v) is 6.25. The van der Waals surface area contributed by atoms with Crippen molar-refractivity contribution in [2.24, 2.45) is 0 Å². The molecule has 6 nitrogen and oxygen atoms in total. The van der Waals surface area contributed by atoms with Gasteiger partial charge in [0.05, 0.1) is 0 Å². The van der Waals surface area contributed by atoms with Crippen molar-refractivity contribution in [2.75, 3.05) is 19.6 Å². The molecule has 0 aromatic heterocycles. The second-order valence-electron chi connectivity index (χ2n) is 4.52. The van der Waals surface area contributed by atoms with Crippen LogP contribution in [0.15, 0.2) is 0 Å². The Morgan fingerprint density at radius 3 is 2.56 bits per heavy atom. The molecule has 0 aliphatic carbocycles. The van der Waals surface area contributed by atoms with E-state index >= 15 is 0 Å². The van der Waals surface area contributed by atoms with Crippen LogP contribution in [0.2, 0.25) is 0 Å². The number of hydrogen-bond donors (Lipinski definition) is 1. The number of carboxylic acid groups (broad SMARTS) is 1. The van der Waals surface area contributed by atoms with Crippen molar-refractivity contribution in [3.05, 3.63) is 0 Å². The number of carbonyl (C=O) groups is 3. The van der Waals surface area contributed by atoms with Gasteiger partial charge in [0.1, 0.15) is 12.6 Å². The summed E-state index contributed by atoms with van der Waals surface area (Å²) in [6.07, 6.45) is 2.12. The normalized spacial score (nSPS) is 18.8. The zero-order valence-corrected chi connectivity index (χ0v) is 10.9. The molecule has 1 aliphatic rings. The number of rotatable bonds is 5. The van der Waals surface area contributed by atoms with Crippen LogP contribution in [0, 0.1) is 0 Å². The van der Waals surface area contributed by atoms with Gasteiger partial charge in [-0.15, -0.1) is 0 Å². The fraction of sp³-hybridized carbons (Fsp3) is 0.750. The van der Waals surface area contributed by atoms with E-state index in [1.807, 2.05) is 6.92 Å². The Hall–Kier alpha value is -1.59. The minimum Gasteiger partial charge on any atom is -0.480 e. The highest BCUT2D eigenvalue weighted by atomic mass is 16.4. The van der Waals surface area contributed by atoms with E-state index in [1.54, 1.807) is 0 Å². The monoisotopic (exact) mass is 256 g/mol. The summed E-state index contributed by atoms with van der Waals surface area (Å²) in [7, 11) is 0. The molecule has 2 amide bonds. The van der Waals surface area contributed by atoms with Gasteiger partial charge in [-0.2, -0.15) is 0 Å². The van der Waals surface area contributed by atoms with E-state index in [1.165, 1.54) is 16.7 Å². The third kappa shape index (κ3) is 3.45. The second kappa shape index (κ2) is 6.37. The van der Waals surface area contributed by atoms with Crippen LogP contribution in [-0.4, -0.2) is 58.4 Å². The van der Waals surface area contributed by atoms with E-state index < -0.39 is 12.0 Å². The summed E-state index contributed by atoms with van der Waals surface area (Å²) in [6.45, 7) is 4.02. The Bertz CT molecular complexity index is 343. The topological polar surface area (TPSA) is 77.9 Å². The smallest absolute Gasteiger partial charge is 0.323 e. The van der Waals surface area contributed by atoms with Crippen LogP contribution in [-0.2, 0) is 14.4 Å². The standard InChI is InChI=1S/C12H20N2O4/c1-3-6-13(8-11(16)17)12(18)10-5-4-7-14(10)9(2)15/h10H,3-8H2,1-2H3,(H,16,17). The van der Waals surface area contributed by atoms with Gasteiger partial charge >= 0.3 is 5.97 Å². The average molecular weight is 256 g/mol. The number of carbonyl (C=O) groups excluding carboxylic acids is 2. The first-order chi connectivity index (χ1) is 8.47. The molecule has 1 N–H and O–H groups in total. The summed E-state index contributed by atoms with van der Waals surface area (Å²) in [5, 5.41) is 8.80. The van der Waals surface area contributed by atoms with Gasteiger partial charge in [-0.05, 0) is 19.3 Å². The molecule has 0 spiro atoms. The quantitative estimate of drug-likeness (QED) is 0.768. The summed E-state index contributed by atoms with van der Waals surface area (Å²) < 4.78 is 0. The predicted octanol–water partition coefficient (Wildman–Crippen LogP) is 0.320. The van der Waals surface area contributed by atoms with Gasteiger partial charge in [-0.1, -0.05) is 6.92 Å². The number of carboxylic acids is 1. The maximum absolute atomic E-state index is 12.3. The van der Waals surface area contributed by atoms with Crippen LogP contribution in [0.3, 0.4) is 0 Å². The maximum Gasteiger partial charge on any atom is 0.323 e. The summed E-state index contributed by atoms with van der Waals surface area (Å²) in [5.74, 6) is -1.39. The SMILES string of the molecule is CCCN(CC(=O)O)C(=O)C1CCCN1C(C)=O. The fourth-order valence-corrected chi connectivity index (χ4v) is 2.31. The van der Waals surface area contributed by atoms with Gasteiger partial charge in [0.2, 0.25) is 11.8 Å². The maximum atomic E-state index is 12.3. The lowest BCUT2D eigenvalue weighted by atomic mass is 10.2. The molecule has 1 fully saturated rings. The minimum absolute atomic E-state index is 0.127. The Labute approximate surface area is 107 Å². The number of likely N-dealkylation sites (tertiary alicyclic amines) is 1. The van der Waals surface area contributed by atoms with E-state index in [4.69, 9.17) is 5.11 Å². The molecule has 1 rings (SSSR count). The van der Waals surface area contributed by atoms with Crippen molar-refractivity contribution in [3.8, 4) is 0 Å². The molecule has 18 heavy (non-hydrogen) atoms. The molecule has 6 heteroatoms. The van der Waals surface area contributed by atoms with Gasteiger partial charge in [0, 0.05) is 20.0 Å². The number of hydrogen-bond acceptors (Lipinski definition) is 3. The highest BCUT2D eigenvalue weighted by Gasteiger charge is 2.35. The molecule has 0 saturated carbocycles. The highest BCUT2D eigenvalue weighted by Crippen LogP contribution is 2.19. The number of aliphatic carboxylic acids is 1. The van der Waals surface area contributed by atoms with Gasteiger partial charge in [-0.25, -0.2) is 0 Å². The van der Waals surface area contributed by atoms with E-state index in [9.17, 15) is 14.4 Å². The van der Waals surface area contributed by atoms with Crippen LogP contribution in [0.25, 0.3) is 0 Å². The second-order valence-corrected chi connectivity index (χ2v) is 4.52. The lowest BCUT2D eigenvalue weighted by Crippen LogP contribution is -2.48. The van der Waals surface area contributed by atoms with Gasteiger partial charge < -0.3 is 14.9 Å². The Balaban J connectivity index is 2.75. The van der Waals surface area contributed by atoms with Crippen molar-refractivity contribution in [3.63, 3.8) is 0 Å². The van der Waals surface area contributed by atoms with Gasteiger partial charge in [0.15, 0.2) is 0 Å². The Morgan fingerprint density at radius 1 is 1.39 bits per heavy atom. The molecule has 0 bridgehead atoms. The van der Waals surface area contributed by atoms with Crippen molar-refractivity contribution in [2.45, 2.75) is 39.2 Å². The third-order valence-electron chi connectivity index (χ3n) is 3.07. The molecule has 1 aliphatic heterocycles. The van der Waals surface area contributed by atoms with Gasteiger partial charge in [0.25, 0.3) is 0 Å². The zero-order chi connectivity index (χ0) is 13.7. The van der Waals surface area contributed by atoms with Crippen molar-refractivity contribution < 1.29 is 19.5 Å². The fourth-order valence-electron chi connectivity index (χ4n) is 2.31. The molecular formula is C12H20N2O4. The minimum atomic E-state index is -1.02. The molecular weight excluding hydrogens is 236 g/mol. The molecule has 0 radical (unpaired) electrons. The molecule has 0 aromatic carbocycles. The number of amides is 2. The largest absolute Gasteiger partial charge is 0.480 e. The molecule has 1 heterocycles. The number of nitrogens with zero attached hydrogens (tertiary/aromatic N) is 2. The summed E-state index contributed by atoms with van der Waals surface area (Å²) in [4.78, 5) is 37.3. The van der Waals surface area contributed by atoms with Crippen LogP contribution < -0.4 is 0 Å². The van der Waals surface area contributed by atoms with Gasteiger partial charge in [-0.3, -0.25) is 14.4 Å². The molecule has 1 unspecified atom stereocenters. The zero-order valence-electron chi connectivity index (χ0n) is 10.9. The van der Waals surface area contributed by atoms with Crippen molar-refractivity contribution >= 4 is 17.8 Å². The lowest BCUT2D eigenvalue weighted by molar-refractivity contribution is -0.148. The van der Waals surface area contributed by atoms with E-state index in [2.05, 4.69) is 0 Å². The predicted molar refractivity (Wildman–Crippen MR) is 64.9 cm³/mol. The highest BCUT2D eigenvalue weighted by molar-refractivity contribution is 5.89. The molecule has 0 aromatic rings. The van der Waals surface area contributed by atoms with E-state index in [0.29, 0.717) is 25.9 Å². The molecule has 1 atom stereocenters. The van der Waals surface area contributed by atoms with Crippen LogP contribution >= 0.6 is 0 Å². The summed E-state index contributed by atoms with van der Waals surface area (Å²) in [6, 6.07) is -0.478. The van der Waals surface area contributed by atoms with Crippen LogP contribution in [0.5, 0.6) is 0 Å². The van der Waals surface area contributed by atoms with Crippen LogP contribution in [0.1, 0.15) is 33.1 Å². The Morgan fingerprint density at radius 2 is 2.06 bits per heavy atom. The molecule has 102 valence electrons. The lowest BCUT2D eigenvalue weighted by Gasteiger charge is -2.28. The summed E-state index contributed by atoms with van der Waals surface area (Å²) in [5.41, 5.74) is 0. The Kier molecular flexibility index (Phi) is 5.12. The average Bonchev–Trinajstić information content (AvgIpc) is 2.75. The summed E-state index contributed by atoms with van der Waals surface area (Å²) >= 11 is 0. The van der Waals surface area contributed by atoms with E-state index in [0.717, 1.165) is 6.42 Å². The van der Waals surface area contributed by atoms with Crippen molar-refractivity contribution in [1.82, 2.24) is 9.80 Å². The third-order valence-corrected chi connectivity index (χ3v) is 3.07. The van der Waals surface area contributed by atoms with Crippen molar-refractivity contribution in [1.29, 1.82) is 0 Å². The first-order valence-electron chi connectivity index (χ1n) is 6.25. The van der Waals surface area contributed by atoms with E-state index in [-0.39, 0.29) is 18.4 Å². The first kappa shape index (κ1) is 14.5. The molecule has 1 saturated heterocycles. The van der Waals surface area contributed by atoms with Crippen LogP contribution in [0.4, 0.5) is 0 Å².